The Kier molecular flexibility index (Phi) is 2.33. The fourth-order valence-corrected chi connectivity index (χ4v) is 6.45. The molecule has 0 aromatic carbocycles. The molecule has 0 saturated carbocycles. The first-order valence-corrected chi connectivity index (χ1v) is 7.97. The zero-order valence-electron chi connectivity index (χ0n) is 5.33. The van der Waals surface area contributed by atoms with Crippen LogP contribution in [0.4, 0.5) is 0 Å². The molecule has 0 unspecified atom stereocenters. The van der Waals surface area contributed by atoms with E-state index in [0.717, 1.165) is 0 Å². The molecule has 0 heterocycles. The maximum atomic E-state index is 11.0. The average molecular weight is 574 g/mol. The van der Waals surface area contributed by atoms with E-state index in [1.54, 1.807) is 13.8 Å². The van der Waals surface area contributed by atoms with Gasteiger partial charge in [0.2, 0.25) is 0 Å². The van der Waals surface area contributed by atoms with Gasteiger partial charge in [-0.15, -0.1) is 0 Å². The van der Waals surface area contributed by atoms with Crippen molar-refractivity contribution in [2.45, 2.75) is 19.1 Å². The van der Waals surface area contributed by atoms with Crippen LogP contribution in [-0.4, -0.2) is 17.0 Å². The van der Waals surface area contributed by atoms with Gasteiger partial charge in [0.1, 0.15) is 0 Å². The first-order chi connectivity index (χ1) is 3.89. The second kappa shape index (κ2) is 2.44. The average Bonchev–Trinajstić information content (AvgIpc) is 1.65. The summed E-state index contributed by atoms with van der Waals surface area (Å²) in [5.74, 6) is 0. The zero-order chi connectivity index (χ0) is 7.65. The standard InChI is InChI=1S/C3H7NO2S.Re.Rf/c1-3(2)7(4,5)6;;/h3H,1-2H3;;. The molecule has 0 bridgehead atoms. The van der Waals surface area contributed by atoms with E-state index in [9.17, 15) is 8.42 Å². The summed E-state index contributed by atoms with van der Waals surface area (Å²) in [6.45, 7) is 3.41. The Morgan fingerprint density at radius 2 is 1.89 bits per heavy atom. The molecule has 0 aliphatic carbocycles. The molecule has 0 atom stereocenters. The normalized spacial score (nSPS) is 13.2. The van der Waals surface area contributed by atoms with Crippen LogP contribution in [0.3, 0.4) is 0 Å². The maximum absolute atomic E-state index is 11.0. The van der Waals surface area contributed by atoms with Crippen molar-refractivity contribution in [1.29, 1.82) is 0 Å². The first kappa shape index (κ1) is 8.57. The number of hydrogen-bond acceptors (Lipinski definition) is 2. The number of sulfonamides is 1. The molecule has 0 N–H and O–H groups in total. The van der Waals surface area contributed by atoms with Crippen molar-refractivity contribution in [3.05, 3.63) is 0 Å². The van der Waals surface area contributed by atoms with Gasteiger partial charge in [0.15, 0.2) is 0 Å². The molecule has 51 valence electrons. The topological polar surface area (TPSA) is 37.4 Å². The molecule has 0 fully saturated rings. The molecule has 0 radical (unpaired) electrons. The van der Waals surface area contributed by atoms with Crippen LogP contribution in [0.25, 0.3) is 0 Å². The van der Waals surface area contributed by atoms with Crippen LogP contribution in [0.1, 0.15) is 13.8 Å². The monoisotopic (exact) mass is 575 g/mol. The third kappa shape index (κ3) is 1.76. The Hall–Kier alpha value is -0.428. The van der Waals surface area contributed by atoms with E-state index in [0.29, 0.717) is 0 Å². The Balaban J connectivity index is 4.42. The molecule has 3 nitrogen and oxygen atoms in total. The van der Waals surface area contributed by atoms with Crippen LogP contribution >= 0.6 is 0 Å². The van der Waals surface area contributed by atoms with Crippen molar-refractivity contribution in [3.8, 4) is 0 Å². The zero-order valence-corrected chi connectivity index (χ0v) is 15.3. The predicted molar refractivity (Wildman–Crippen MR) is 25.9 cm³/mol. The first-order valence-electron chi connectivity index (χ1n) is 2.39. The Bertz CT molecular complexity index is 162. The minimum atomic E-state index is -2.86. The summed E-state index contributed by atoms with van der Waals surface area (Å²) in [6.07, 6.45) is 0. The van der Waals surface area contributed by atoms with Gasteiger partial charge in [-0.05, 0) is 0 Å². The summed E-state index contributed by atoms with van der Waals surface area (Å²) in [6, 6.07) is 0. The van der Waals surface area contributed by atoms with E-state index < -0.39 is 10.0 Å². The minimum absolute atomic E-state index is 0.106. The van der Waals surface area contributed by atoms with E-state index in [2.05, 4.69) is 0 Å². The van der Waals surface area contributed by atoms with Crippen LogP contribution in [0.2, 0.25) is 0 Å². The third-order valence-electron chi connectivity index (χ3n) is 0.872. The van der Waals surface area contributed by atoms with Crippen LogP contribution < -0.4 is 0 Å². The van der Waals surface area contributed by atoms with Gasteiger partial charge in [0.25, 0.3) is 0 Å². The molecular formula is C3H7NO2ReRfS. The molecule has 0 saturated heterocycles. The van der Waals surface area contributed by atoms with E-state index in [1.165, 1.54) is 22.8 Å². The fraction of sp³-hybridized carbons (Fsp3) is 1.00. The van der Waals surface area contributed by atoms with E-state index in [1.807, 2.05) is 0 Å². The fourth-order valence-electron chi connectivity index (χ4n) is 0.229. The third-order valence-corrected chi connectivity index (χ3v) is 9.57. The van der Waals surface area contributed by atoms with Crippen molar-refractivity contribution < 1.29 is 27.9 Å². The summed E-state index contributed by atoms with van der Waals surface area (Å²) in [7, 11) is -2.86. The van der Waals surface area contributed by atoms with Crippen molar-refractivity contribution in [3.63, 3.8) is 0 Å². The van der Waals surface area contributed by atoms with Gasteiger partial charge in [0.05, 0.1) is 0 Å². The molecule has 0 aromatic rings. The Morgan fingerprint density at radius 3 is 1.89 bits per heavy atom. The van der Waals surface area contributed by atoms with Crippen molar-refractivity contribution in [1.82, 2.24) is 3.36 Å². The van der Waals surface area contributed by atoms with Gasteiger partial charge in [0, 0.05) is 0 Å². The Labute approximate surface area is 60.6 Å². The van der Waals surface area contributed by atoms with Crippen LogP contribution in [0, 0.1) is 0 Å². The van der Waals surface area contributed by atoms with Gasteiger partial charge in [-0.25, -0.2) is 0 Å². The molecule has 0 spiro atoms. The number of nitrogens with zero attached hydrogens (tertiary/aromatic N) is 1. The van der Waals surface area contributed by atoms with Gasteiger partial charge in [-0.3, -0.25) is 0 Å². The quantitative estimate of drug-likeness (QED) is 0.465. The summed E-state index contributed by atoms with van der Waals surface area (Å²) >= 11 is 1.24. The van der Waals surface area contributed by atoms with Gasteiger partial charge >= 0.3 is 60.3 Å². The van der Waals surface area contributed by atoms with Crippen LogP contribution in [0.15, 0.2) is 0 Å². The van der Waals surface area contributed by atoms with Gasteiger partial charge < -0.3 is 0 Å². The van der Waals surface area contributed by atoms with Gasteiger partial charge in [-0.1, -0.05) is 0 Å². The molecule has 9 heavy (non-hydrogen) atoms. The van der Waals surface area contributed by atoms with E-state index in [4.69, 9.17) is 0 Å². The summed E-state index contributed by atoms with van der Waals surface area (Å²) < 4.78 is 23.6. The van der Waals surface area contributed by atoms with Crippen LogP contribution in [0.5, 0.6) is 0 Å². The van der Waals surface area contributed by atoms with Crippen LogP contribution in [-0.2, 0) is 29.5 Å². The molecule has 0 aliphatic rings. The number of hydrogen-bond donors (Lipinski definition) is 0. The molecule has 0 amide bonds. The summed E-state index contributed by atoms with van der Waals surface area (Å²) in [4.78, 5) is 0. The SMILES string of the molecule is CC(C)S(=O)(=O)[N]([Re])[Rf]. The molecule has 0 aliphatic heterocycles. The van der Waals surface area contributed by atoms with Crippen molar-refractivity contribution in [2.24, 2.45) is 0 Å². The molecule has 0 rings (SSSR count). The van der Waals surface area contributed by atoms with E-state index in [-0.39, 0.29) is 5.25 Å². The number of rotatable bonds is 2. The molecule has 6 heteroatoms. The molecular weight excluding hydrogens is 567 g/mol. The summed E-state index contributed by atoms with van der Waals surface area (Å²) in [5, 5.41) is -0.246. The second-order valence-corrected chi connectivity index (χ2v) is 19.0. The summed E-state index contributed by atoms with van der Waals surface area (Å²) in [5.41, 5.74) is 0. The van der Waals surface area contributed by atoms with Gasteiger partial charge in [-0.2, -0.15) is 0 Å². The second-order valence-electron chi connectivity index (χ2n) is 1.88. The molecule has 0 aromatic heterocycles. The predicted octanol–water partition coefficient (Wildman–Crippen LogP) is -0.0473. The Morgan fingerprint density at radius 1 is 1.56 bits per heavy atom. The van der Waals surface area contributed by atoms with Crippen molar-refractivity contribution >= 4 is 10.0 Å². The van der Waals surface area contributed by atoms with E-state index >= 15 is 0 Å². The van der Waals surface area contributed by atoms with Crippen molar-refractivity contribution in [2.75, 3.05) is 0 Å².